The molecule has 0 heterocycles. The maximum Gasteiger partial charge on any atom is 0.251 e. The average Bonchev–Trinajstić information content (AvgIpc) is 2.36. The average molecular weight is 321 g/mol. The second-order valence-electron chi connectivity index (χ2n) is 3.55. The first kappa shape index (κ1) is 14.5. The van der Waals surface area contributed by atoms with Crippen LogP contribution in [0.5, 0.6) is 0 Å². The minimum Gasteiger partial charge on any atom is -0.370 e. The quantitative estimate of drug-likeness (QED) is 0.819. The van der Waals surface area contributed by atoms with Crippen LogP contribution in [0.1, 0.15) is 16.8 Å². The number of rotatable bonds is 6. The summed E-state index contributed by atoms with van der Waals surface area (Å²) in [5, 5.41) is 2.54. The Hall–Kier alpha value is -0.580. The third-order valence-electron chi connectivity index (χ3n) is 2.22. The van der Waals surface area contributed by atoms with Crippen LogP contribution in [0.3, 0.4) is 0 Å². The fourth-order valence-electron chi connectivity index (χ4n) is 1.28. The third kappa shape index (κ3) is 5.52. The minimum atomic E-state index is -0.160. The van der Waals surface area contributed by atoms with Crippen molar-refractivity contribution in [2.24, 2.45) is 0 Å². The van der Waals surface area contributed by atoms with Crippen molar-refractivity contribution in [3.05, 3.63) is 35.9 Å². The van der Waals surface area contributed by atoms with Crippen molar-refractivity contribution in [2.75, 3.05) is 13.7 Å². The number of halogens is 2. The highest BCUT2D eigenvalue weighted by Gasteiger charge is 2.12. The lowest BCUT2D eigenvalue weighted by molar-refractivity contribution is 0.0951. The lowest BCUT2D eigenvalue weighted by atomic mass is 10.2. The molecule has 0 aliphatic heterocycles. The van der Waals surface area contributed by atoms with Gasteiger partial charge in [-0.15, -0.1) is 11.6 Å². The summed E-state index contributed by atoms with van der Waals surface area (Å²) in [4.78, 5) is 11.7. The normalized spacial score (nSPS) is 14.1. The smallest absolute Gasteiger partial charge is 0.251 e. The van der Waals surface area contributed by atoms with Gasteiger partial charge in [-0.2, -0.15) is 0 Å². The number of hydrogen-bond donors (Lipinski definition) is 1. The minimum absolute atomic E-state index is 0.0846. The monoisotopic (exact) mass is 319 g/mol. The van der Waals surface area contributed by atoms with Crippen molar-refractivity contribution in [2.45, 2.75) is 16.8 Å². The van der Waals surface area contributed by atoms with Crippen LogP contribution in [0.4, 0.5) is 0 Å². The van der Waals surface area contributed by atoms with Crippen molar-refractivity contribution in [3.8, 4) is 0 Å². The van der Waals surface area contributed by atoms with E-state index in [1.165, 1.54) is 0 Å². The topological polar surface area (TPSA) is 38.3 Å². The Morgan fingerprint density at radius 1 is 1.47 bits per heavy atom. The molecule has 0 radical (unpaired) electrons. The lowest BCUT2D eigenvalue weighted by Gasteiger charge is -2.13. The Labute approximate surface area is 115 Å². The predicted molar refractivity (Wildman–Crippen MR) is 72.8 cm³/mol. The van der Waals surface area contributed by atoms with Gasteiger partial charge in [-0.1, -0.05) is 34.1 Å². The number of carbonyl (C=O) groups is 1. The van der Waals surface area contributed by atoms with E-state index in [0.717, 1.165) is 0 Å². The Morgan fingerprint density at radius 3 is 2.71 bits per heavy atom. The first-order chi connectivity index (χ1) is 8.13. The molecule has 0 aromatic heterocycles. The first-order valence-electron chi connectivity index (χ1n) is 5.27. The van der Waals surface area contributed by atoms with E-state index in [-0.39, 0.29) is 16.3 Å². The molecule has 0 spiro atoms. The van der Waals surface area contributed by atoms with Gasteiger partial charge in [0.1, 0.15) is 5.01 Å². The number of nitrogens with one attached hydrogen (secondary N) is 1. The van der Waals surface area contributed by atoms with Crippen LogP contribution in [0.25, 0.3) is 0 Å². The van der Waals surface area contributed by atoms with E-state index in [2.05, 4.69) is 21.2 Å². The third-order valence-corrected chi connectivity index (χ3v) is 3.30. The molecule has 94 valence electrons. The summed E-state index contributed by atoms with van der Waals surface area (Å²) in [6.45, 7) is 0.417. The molecule has 1 amide bonds. The van der Waals surface area contributed by atoms with Crippen molar-refractivity contribution >= 4 is 33.4 Å². The zero-order valence-electron chi connectivity index (χ0n) is 9.53. The molecule has 5 heteroatoms. The summed E-state index contributed by atoms with van der Waals surface area (Å²) in [5.74, 6) is -0.111. The van der Waals surface area contributed by atoms with Gasteiger partial charge in [0.2, 0.25) is 0 Å². The Bertz CT molecular complexity index is 348. The van der Waals surface area contributed by atoms with Gasteiger partial charge < -0.3 is 10.1 Å². The summed E-state index contributed by atoms with van der Waals surface area (Å²) >= 11 is 9.37. The van der Waals surface area contributed by atoms with Crippen LogP contribution < -0.4 is 5.32 Å². The zero-order valence-corrected chi connectivity index (χ0v) is 11.9. The summed E-state index contributed by atoms with van der Waals surface area (Å²) in [5.41, 5.74) is 0.638. The number of ether oxygens (including phenoxy) is 1. The van der Waals surface area contributed by atoms with Crippen LogP contribution in [-0.2, 0) is 4.74 Å². The van der Waals surface area contributed by atoms with E-state index in [9.17, 15) is 4.79 Å². The Kier molecular flexibility index (Phi) is 6.55. The Morgan fingerprint density at radius 2 is 2.12 bits per heavy atom. The number of alkyl halides is 2. The zero-order chi connectivity index (χ0) is 12.7. The fourth-order valence-corrected chi connectivity index (χ4v) is 2.18. The molecular formula is C12H15BrClNO2. The molecule has 3 nitrogen and oxygen atoms in total. The molecule has 1 aromatic carbocycles. The van der Waals surface area contributed by atoms with E-state index >= 15 is 0 Å². The van der Waals surface area contributed by atoms with Crippen LogP contribution in [-0.4, -0.2) is 30.0 Å². The molecule has 0 aliphatic carbocycles. The number of methoxy groups -OCH3 is 1. The van der Waals surface area contributed by atoms with Gasteiger partial charge in [-0.25, -0.2) is 0 Å². The van der Waals surface area contributed by atoms with Crippen molar-refractivity contribution < 1.29 is 9.53 Å². The molecule has 0 aliphatic rings. The fraction of sp³-hybridized carbons (Fsp3) is 0.417. The van der Waals surface area contributed by atoms with Gasteiger partial charge in [0.05, 0.1) is 5.38 Å². The van der Waals surface area contributed by atoms with Crippen LogP contribution in [0.15, 0.2) is 30.3 Å². The van der Waals surface area contributed by atoms with Gasteiger partial charge in [-0.05, 0) is 12.1 Å². The number of carbonyl (C=O) groups excluding carboxylic acids is 1. The van der Waals surface area contributed by atoms with Gasteiger partial charge >= 0.3 is 0 Å². The highest BCUT2D eigenvalue weighted by atomic mass is 79.9. The molecule has 2 unspecified atom stereocenters. The van der Waals surface area contributed by atoms with E-state index < -0.39 is 0 Å². The standard InChI is InChI=1S/C12H15BrClNO2/c1-17-11(13)7-10(14)8-15-12(16)9-5-3-2-4-6-9/h2-6,10-11H,7-8H2,1H3,(H,15,16). The summed E-state index contributed by atoms with van der Waals surface area (Å²) in [6.07, 6.45) is 0.632. The second kappa shape index (κ2) is 7.69. The molecule has 1 rings (SSSR count). The van der Waals surface area contributed by atoms with E-state index in [1.54, 1.807) is 19.2 Å². The molecule has 0 fully saturated rings. The van der Waals surface area contributed by atoms with Crippen molar-refractivity contribution in [1.29, 1.82) is 0 Å². The summed E-state index contributed by atoms with van der Waals surface area (Å²) in [7, 11) is 1.60. The van der Waals surface area contributed by atoms with E-state index in [1.807, 2.05) is 18.2 Å². The van der Waals surface area contributed by atoms with Gasteiger partial charge in [0.25, 0.3) is 5.91 Å². The number of hydrogen-bond acceptors (Lipinski definition) is 2. The maximum absolute atomic E-state index is 11.7. The summed E-state index contributed by atoms with van der Waals surface area (Å²) < 4.78 is 5.03. The molecule has 2 atom stereocenters. The van der Waals surface area contributed by atoms with Crippen LogP contribution in [0.2, 0.25) is 0 Å². The first-order valence-corrected chi connectivity index (χ1v) is 6.63. The van der Waals surface area contributed by atoms with Gasteiger partial charge in [0.15, 0.2) is 0 Å². The van der Waals surface area contributed by atoms with Gasteiger partial charge in [0, 0.05) is 25.6 Å². The second-order valence-corrected chi connectivity index (χ2v) is 5.19. The van der Waals surface area contributed by atoms with Crippen molar-refractivity contribution in [3.63, 3.8) is 0 Å². The Balaban J connectivity index is 2.33. The molecular weight excluding hydrogens is 305 g/mol. The molecule has 0 saturated heterocycles. The van der Waals surface area contributed by atoms with Gasteiger partial charge in [-0.3, -0.25) is 4.79 Å². The number of benzene rings is 1. The molecule has 0 saturated carbocycles. The highest BCUT2D eigenvalue weighted by molar-refractivity contribution is 9.09. The molecule has 0 bridgehead atoms. The van der Waals surface area contributed by atoms with Crippen molar-refractivity contribution in [1.82, 2.24) is 5.32 Å². The SMILES string of the molecule is COC(Br)CC(Cl)CNC(=O)c1ccccc1. The lowest BCUT2D eigenvalue weighted by Crippen LogP contribution is -2.31. The van der Waals surface area contributed by atoms with E-state index in [4.69, 9.17) is 16.3 Å². The van der Waals surface area contributed by atoms with E-state index in [0.29, 0.717) is 18.5 Å². The summed E-state index contributed by atoms with van der Waals surface area (Å²) in [6, 6.07) is 9.05. The highest BCUT2D eigenvalue weighted by Crippen LogP contribution is 2.12. The largest absolute Gasteiger partial charge is 0.370 e. The maximum atomic E-state index is 11.7. The molecule has 17 heavy (non-hydrogen) atoms. The number of amides is 1. The predicted octanol–water partition coefficient (Wildman–Crippen LogP) is 2.78. The van der Waals surface area contributed by atoms with Crippen LogP contribution >= 0.6 is 27.5 Å². The molecule has 1 aromatic rings. The molecule has 1 N–H and O–H groups in total. The van der Waals surface area contributed by atoms with Crippen LogP contribution in [0, 0.1) is 0 Å².